The largest absolute Gasteiger partial charge is 0.573 e. The summed E-state index contributed by atoms with van der Waals surface area (Å²) in [6, 6.07) is 5.83. The molecule has 154 valence electrons. The Hall–Kier alpha value is -2.33. The van der Waals surface area contributed by atoms with Crippen LogP contribution < -0.4 is 15.0 Å². The van der Waals surface area contributed by atoms with Crippen molar-refractivity contribution in [3.8, 4) is 17.0 Å². The molecule has 0 aliphatic carbocycles. The number of aromatic nitrogens is 3. The van der Waals surface area contributed by atoms with E-state index in [-0.39, 0.29) is 5.75 Å². The van der Waals surface area contributed by atoms with E-state index < -0.39 is 6.36 Å². The van der Waals surface area contributed by atoms with E-state index in [0.717, 1.165) is 36.3 Å². The zero-order valence-corrected chi connectivity index (χ0v) is 16.4. The van der Waals surface area contributed by atoms with Gasteiger partial charge in [-0.15, -0.1) is 18.3 Å². The van der Waals surface area contributed by atoms with Crippen molar-refractivity contribution in [2.75, 3.05) is 31.1 Å². The van der Waals surface area contributed by atoms with Crippen LogP contribution in [0.5, 0.6) is 5.75 Å². The van der Waals surface area contributed by atoms with Crippen molar-refractivity contribution in [1.82, 2.24) is 19.9 Å². The minimum Gasteiger partial charge on any atom is -0.406 e. The van der Waals surface area contributed by atoms with Gasteiger partial charge in [0.15, 0.2) is 0 Å². The maximum Gasteiger partial charge on any atom is 0.573 e. The number of anilines is 1. The first kappa shape index (κ1) is 18.7. The number of hydrogen-bond acceptors (Lipinski definition) is 6. The van der Waals surface area contributed by atoms with Crippen LogP contribution in [0, 0.1) is 5.41 Å². The second-order valence-corrected chi connectivity index (χ2v) is 8.66. The Morgan fingerprint density at radius 2 is 2.00 bits per heavy atom. The van der Waals surface area contributed by atoms with Gasteiger partial charge in [0.05, 0.1) is 11.9 Å². The Labute approximate surface area is 169 Å². The monoisotopic (exact) mass is 423 g/mol. The molecule has 1 aromatic carbocycles. The molecule has 2 aliphatic rings. The van der Waals surface area contributed by atoms with E-state index in [0.29, 0.717) is 16.7 Å². The first-order valence-electron chi connectivity index (χ1n) is 9.57. The lowest BCUT2D eigenvalue weighted by Gasteiger charge is -2.38. The van der Waals surface area contributed by atoms with Crippen LogP contribution in [0.2, 0.25) is 0 Å². The molecule has 5 rings (SSSR count). The summed E-state index contributed by atoms with van der Waals surface area (Å²) in [6.45, 7) is 4.20. The lowest BCUT2D eigenvalue weighted by molar-refractivity contribution is -0.274. The van der Waals surface area contributed by atoms with E-state index in [4.69, 9.17) is 0 Å². The van der Waals surface area contributed by atoms with Gasteiger partial charge in [-0.3, -0.25) is 0 Å². The van der Waals surface area contributed by atoms with Crippen LogP contribution in [0.25, 0.3) is 16.2 Å². The second kappa shape index (κ2) is 6.88. The van der Waals surface area contributed by atoms with E-state index >= 15 is 0 Å². The quantitative estimate of drug-likeness (QED) is 0.692. The highest BCUT2D eigenvalue weighted by Gasteiger charge is 2.37. The van der Waals surface area contributed by atoms with Gasteiger partial charge in [-0.25, -0.2) is 9.50 Å². The molecule has 2 aliphatic heterocycles. The van der Waals surface area contributed by atoms with Crippen LogP contribution in [-0.4, -0.2) is 47.1 Å². The molecule has 0 unspecified atom stereocenters. The van der Waals surface area contributed by atoms with Crippen LogP contribution in [0.4, 0.5) is 18.3 Å². The number of ether oxygens (including phenoxy) is 1. The van der Waals surface area contributed by atoms with E-state index in [2.05, 4.69) is 25.0 Å². The first-order valence-corrected chi connectivity index (χ1v) is 10.4. The molecule has 0 bridgehead atoms. The van der Waals surface area contributed by atoms with Crippen molar-refractivity contribution in [2.24, 2.45) is 5.41 Å². The number of fused-ring (bicyclic) bond motifs is 1. The van der Waals surface area contributed by atoms with Crippen molar-refractivity contribution in [1.29, 1.82) is 0 Å². The third-order valence-corrected chi connectivity index (χ3v) is 6.81. The fourth-order valence-corrected chi connectivity index (χ4v) is 5.14. The number of nitrogens with zero attached hydrogens (tertiary/aromatic N) is 4. The van der Waals surface area contributed by atoms with Gasteiger partial charge in [0, 0.05) is 25.2 Å². The van der Waals surface area contributed by atoms with Crippen LogP contribution in [0.3, 0.4) is 0 Å². The summed E-state index contributed by atoms with van der Waals surface area (Å²) in [7, 11) is 0. The van der Waals surface area contributed by atoms with Crippen LogP contribution in [0.15, 0.2) is 30.5 Å². The predicted octanol–water partition coefficient (Wildman–Crippen LogP) is 3.94. The Morgan fingerprint density at radius 1 is 1.17 bits per heavy atom. The van der Waals surface area contributed by atoms with Crippen LogP contribution >= 0.6 is 11.3 Å². The zero-order chi connectivity index (χ0) is 20.1. The average molecular weight is 423 g/mol. The van der Waals surface area contributed by atoms with Gasteiger partial charge in [-0.2, -0.15) is 0 Å². The van der Waals surface area contributed by atoms with Gasteiger partial charge < -0.3 is 15.0 Å². The molecule has 0 amide bonds. The van der Waals surface area contributed by atoms with Gasteiger partial charge in [0.2, 0.25) is 10.1 Å². The number of imidazole rings is 1. The lowest BCUT2D eigenvalue weighted by Crippen LogP contribution is -2.41. The standard InChI is InChI=1S/C19H20F3N5OS/c20-19(21,22)28-14-3-1-2-13(10-14)15-11-27-16(24-15)29-17(25-27)26-8-5-18(6-9-26)4-7-23-12-18/h1-3,10-11,23H,4-9,12H2. The van der Waals surface area contributed by atoms with E-state index in [1.807, 2.05) is 0 Å². The van der Waals surface area contributed by atoms with Gasteiger partial charge in [0.25, 0.3) is 0 Å². The number of hydrogen-bond donors (Lipinski definition) is 1. The van der Waals surface area contributed by atoms with Crippen LogP contribution in [-0.2, 0) is 0 Å². The molecule has 0 atom stereocenters. The van der Waals surface area contributed by atoms with E-state index in [9.17, 15) is 13.2 Å². The SMILES string of the molecule is FC(F)(F)Oc1cccc(-c2cn3nc(N4CCC5(CCNC5)CC4)sc3n2)c1. The number of piperidine rings is 1. The maximum absolute atomic E-state index is 12.5. The average Bonchev–Trinajstić information content (AvgIpc) is 3.36. The van der Waals surface area contributed by atoms with Crippen LogP contribution in [0.1, 0.15) is 19.3 Å². The molecule has 2 fully saturated rings. The molecule has 4 heterocycles. The lowest BCUT2D eigenvalue weighted by atomic mass is 9.78. The molecule has 1 spiro atoms. The zero-order valence-electron chi connectivity index (χ0n) is 15.6. The minimum absolute atomic E-state index is 0.261. The molecule has 29 heavy (non-hydrogen) atoms. The Bertz CT molecular complexity index is 983. The van der Waals surface area contributed by atoms with E-state index in [1.165, 1.54) is 48.8 Å². The third kappa shape index (κ3) is 3.78. The summed E-state index contributed by atoms with van der Waals surface area (Å²) in [6.07, 6.45) is 0.611. The van der Waals surface area contributed by atoms with Crippen molar-refractivity contribution >= 4 is 21.4 Å². The number of benzene rings is 1. The van der Waals surface area contributed by atoms with Crippen molar-refractivity contribution in [3.05, 3.63) is 30.5 Å². The van der Waals surface area contributed by atoms with Crippen molar-refractivity contribution in [2.45, 2.75) is 25.6 Å². The summed E-state index contributed by atoms with van der Waals surface area (Å²) in [5, 5.41) is 9.07. The van der Waals surface area contributed by atoms with Gasteiger partial charge in [-0.1, -0.05) is 23.5 Å². The van der Waals surface area contributed by atoms with E-state index in [1.54, 1.807) is 16.8 Å². The third-order valence-electron chi connectivity index (χ3n) is 5.82. The summed E-state index contributed by atoms with van der Waals surface area (Å²) in [5.41, 5.74) is 1.57. The van der Waals surface area contributed by atoms with Gasteiger partial charge in [0.1, 0.15) is 5.75 Å². The summed E-state index contributed by atoms with van der Waals surface area (Å²) in [5.74, 6) is -0.261. The summed E-state index contributed by atoms with van der Waals surface area (Å²) >= 11 is 1.50. The fraction of sp³-hybridized carbons (Fsp3) is 0.474. The van der Waals surface area contributed by atoms with Crippen molar-refractivity contribution in [3.63, 3.8) is 0 Å². The molecule has 2 saturated heterocycles. The number of halogens is 3. The molecule has 0 radical (unpaired) electrons. The van der Waals surface area contributed by atoms with Gasteiger partial charge >= 0.3 is 6.36 Å². The summed E-state index contributed by atoms with van der Waals surface area (Å²) < 4.78 is 43.1. The topological polar surface area (TPSA) is 54.7 Å². The maximum atomic E-state index is 12.5. The normalized spacial score (nSPS) is 19.3. The minimum atomic E-state index is -4.72. The number of alkyl halides is 3. The fourth-order valence-electron chi connectivity index (χ4n) is 4.20. The molecule has 6 nitrogen and oxygen atoms in total. The Balaban J connectivity index is 1.33. The smallest absolute Gasteiger partial charge is 0.406 e. The molecule has 2 aromatic heterocycles. The van der Waals surface area contributed by atoms with Crippen molar-refractivity contribution < 1.29 is 17.9 Å². The second-order valence-electron chi connectivity index (χ2n) is 7.73. The molecule has 0 saturated carbocycles. The predicted molar refractivity (Wildman–Crippen MR) is 104 cm³/mol. The summed E-state index contributed by atoms with van der Waals surface area (Å²) in [4.78, 5) is 7.58. The van der Waals surface area contributed by atoms with Gasteiger partial charge in [-0.05, 0) is 43.4 Å². The molecular formula is C19H20F3N5OS. The Kier molecular flexibility index (Phi) is 4.43. The molecule has 1 N–H and O–H groups in total. The number of nitrogens with one attached hydrogen (secondary N) is 1. The highest BCUT2D eigenvalue weighted by atomic mass is 32.1. The molecular weight excluding hydrogens is 403 g/mol. The highest BCUT2D eigenvalue weighted by molar-refractivity contribution is 7.20. The molecule has 10 heteroatoms. The highest BCUT2D eigenvalue weighted by Crippen LogP contribution is 2.39. The molecule has 3 aromatic rings. The first-order chi connectivity index (χ1) is 13.9. The number of rotatable bonds is 3. The Morgan fingerprint density at radius 3 is 2.69 bits per heavy atom.